The van der Waals surface area contributed by atoms with Gasteiger partial charge in [0.05, 0.1) is 5.60 Å². The van der Waals surface area contributed by atoms with E-state index in [4.69, 9.17) is 4.74 Å². The van der Waals surface area contributed by atoms with Gasteiger partial charge in [-0.3, -0.25) is 0 Å². The van der Waals surface area contributed by atoms with E-state index in [2.05, 4.69) is 32.1 Å². The van der Waals surface area contributed by atoms with E-state index in [1.165, 1.54) is 0 Å². The minimum Gasteiger partial charge on any atom is -0.374 e. The van der Waals surface area contributed by atoms with Crippen molar-refractivity contribution in [2.24, 2.45) is 5.92 Å². The van der Waals surface area contributed by atoms with Crippen LogP contribution in [0.4, 0.5) is 0 Å². The molecule has 1 unspecified atom stereocenters. The lowest BCUT2D eigenvalue weighted by Crippen LogP contribution is -2.32. The van der Waals surface area contributed by atoms with Crippen LogP contribution in [0.3, 0.4) is 0 Å². The standard InChI is InChI=1S/C9H14O/c1-8-6-4-5-7-9(8,2)10-3/h4-8H,1-3H3/t8?,9-/m0/s1. The molecule has 2 atom stereocenters. The number of rotatable bonds is 1. The molecule has 0 aromatic heterocycles. The van der Waals surface area contributed by atoms with E-state index in [0.29, 0.717) is 5.92 Å². The summed E-state index contributed by atoms with van der Waals surface area (Å²) in [5.74, 6) is 0.475. The fourth-order valence-electron chi connectivity index (χ4n) is 1.07. The molecular formula is C9H14O. The van der Waals surface area contributed by atoms with E-state index in [1.807, 2.05) is 6.08 Å². The lowest BCUT2D eigenvalue weighted by atomic mass is 9.87. The van der Waals surface area contributed by atoms with Gasteiger partial charge >= 0.3 is 0 Å². The summed E-state index contributed by atoms with van der Waals surface area (Å²) in [6, 6.07) is 0. The Kier molecular flexibility index (Phi) is 1.95. The van der Waals surface area contributed by atoms with Crippen molar-refractivity contribution in [2.45, 2.75) is 19.4 Å². The van der Waals surface area contributed by atoms with Gasteiger partial charge in [0.25, 0.3) is 0 Å². The smallest absolute Gasteiger partial charge is 0.0893 e. The van der Waals surface area contributed by atoms with Crippen LogP contribution in [0.15, 0.2) is 24.3 Å². The summed E-state index contributed by atoms with van der Waals surface area (Å²) in [6.07, 6.45) is 8.34. The van der Waals surface area contributed by atoms with E-state index in [0.717, 1.165) is 0 Å². The third kappa shape index (κ3) is 1.14. The topological polar surface area (TPSA) is 9.23 Å². The molecule has 0 radical (unpaired) electrons. The first-order valence-corrected chi connectivity index (χ1v) is 3.60. The van der Waals surface area contributed by atoms with Crippen LogP contribution in [0, 0.1) is 5.92 Å². The fourth-order valence-corrected chi connectivity index (χ4v) is 1.07. The van der Waals surface area contributed by atoms with Crippen molar-refractivity contribution in [1.29, 1.82) is 0 Å². The molecule has 0 aliphatic heterocycles. The lowest BCUT2D eigenvalue weighted by Gasteiger charge is -2.31. The predicted molar refractivity (Wildman–Crippen MR) is 42.9 cm³/mol. The van der Waals surface area contributed by atoms with E-state index >= 15 is 0 Å². The van der Waals surface area contributed by atoms with Crippen molar-refractivity contribution in [3.05, 3.63) is 24.3 Å². The highest BCUT2D eigenvalue weighted by molar-refractivity contribution is 5.19. The first-order chi connectivity index (χ1) is 4.69. The Morgan fingerprint density at radius 3 is 2.50 bits per heavy atom. The van der Waals surface area contributed by atoms with Gasteiger partial charge in [-0.15, -0.1) is 0 Å². The fraction of sp³-hybridized carbons (Fsp3) is 0.556. The molecule has 1 rings (SSSR count). The Bertz CT molecular complexity index is 170. The van der Waals surface area contributed by atoms with Crippen molar-refractivity contribution in [3.8, 4) is 0 Å². The zero-order valence-electron chi connectivity index (χ0n) is 6.79. The summed E-state index contributed by atoms with van der Waals surface area (Å²) in [4.78, 5) is 0. The van der Waals surface area contributed by atoms with Crippen molar-refractivity contribution in [1.82, 2.24) is 0 Å². The molecule has 1 nitrogen and oxygen atoms in total. The van der Waals surface area contributed by atoms with Gasteiger partial charge in [0.1, 0.15) is 0 Å². The number of methoxy groups -OCH3 is 1. The van der Waals surface area contributed by atoms with Crippen LogP contribution >= 0.6 is 0 Å². The van der Waals surface area contributed by atoms with Crippen molar-refractivity contribution < 1.29 is 4.74 Å². The molecule has 0 aromatic rings. The summed E-state index contributed by atoms with van der Waals surface area (Å²) < 4.78 is 5.35. The first kappa shape index (κ1) is 7.55. The summed E-state index contributed by atoms with van der Waals surface area (Å²) in [7, 11) is 1.75. The van der Waals surface area contributed by atoms with Crippen LogP contribution in [0.2, 0.25) is 0 Å². The normalized spacial score (nSPS) is 38.5. The SMILES string of the molecule is CO[C@@]1(C)C=CC=CC1C. The molecule has 1 aliphatic carbocycles. The minimum absolute atomic E-state index is 0.0885. The van der Waals surface area contributed by atoms with E-state index in [9.17, 15) is 0 Å². The Morgan fingerprint density at radius 1 is 1.40 bits per heavy atom. The monoisotopic (exact) mass is 138 g/mol. The quantitative estimate of drug-likeness (QED) is 0.539. The van der Waals surface area contributed by atoms with E-state index in [-0.39, 0.29) is 5.60 Å². The predicted octanol–water partition coefficient (Wildman–Crippen LogP) is 2.15. The van der Waals surface area contributed by atoms with Gasteiger partial charge in [-0.1, -0.05) is 31.2 Å². The van der Waals surface area contributed by atoms with Crippen LogP contribution in [-0.2, 0) is 4.74 Å². The summed E-state index contributed by atoms with van der Waals surface area (Å²) >= 11 is 0. The average molecular weight is 138 g/mol. The Morgan fingerprint density at radius 2 is 2.10 bits per heavy atom. The molecule has 0 saturated carbocycles. The molecule has 1 aliphatic rings. The second-order valence-electron chi connectivity index (χ2n) is 2.92. The van der Waals surface area contributed by atoms with Gasteiger partial charge in [-0.25, -0.2) is 0 Å². The van der Waals surface area contributed by atoms with Crippen LogP contribution in [0.5, 0.6) is 0 Å². The summed E-state index contributed by atoms with van der Waals surface area (Å²) in [5, 5.41) is 0. The van der Waals surface area contributed by atoms with Gasteiger partial charge in [-0.2, -0.15) is 0 Å². The zero-order valence-corrected chi connectivity index (χ0v) is 6.79. The molecule has 0 fully saturated rings. The second-order valence-corrected chi connectivity index (χ2v) is 2.92. The second kappa shape index (κ2) is 2.59. The molecule has 0 N–H and O–H groups in total. The van der Waals surface area contributed by atoms with Crippen LogP contribution in [0.1, 0.15) is 13.8 Å². The Labute approximate surface area is 62.4 Å². The molecule has 1 heteroatoms. The third-order valence-corrected chi connectivity index (χ3v) is 2.28. The molecule has 0 bridgehead atoms. The molecule has 0 amide bonds. The number of hydrogen-bond donors (Lipinski definition) is 0. The highest BCUT2D eigenvalue weighted by atomic mass is 16.5. The largest absolute Gasteiger partial charge is 0.374 e. The Balaban J connectivity index is 2.77. The van der Waals surface area contributed by atoms with Crippen molar-refractivity contribution in [2.75, 3.05) is 7.11 Å². The van der Waals surface area contributed by atoms with Gasteiger partial charge in [0, 0.05) is 13.0 Å². The number of allylic oxidation sites excluding steroid dienone is 2. The lowest BCUT2D eigenvalue weighted by molar-refractivity contribution is 0.0182. The molecular weight excluding hydrogens is 124 g/mol. The molecule has 0 saturated heterocycles. The van der Waals surface area contributed by atoms with Crippen molar-refractivity contribution in [3.63, 3.8) is 0 Å². The van der Waals surface area contributed by atoms with E-state index < -0.39 is 0 Å². The van der Waals surface area contributed by atoms with Gasteiger partial charge in [-0.05, 0) is 6.92 Å². The molecule has 0 aromatic carbocycles. The summed E-state index contributed by atoms with van der Waals surface area (Å²) in [6.45, 7) is 4.25. The van der Waals surface area contributed by atoms with E-state index in [1.54, 1.807) is 7.11 Å². The highest BCUT2D eigenvalue weighted by Crippen LogP contribution is 2.26. The highest BCUT2D eigenvalue weighted by Gasteiger charge is 2.26. The molecule has 0 heterocycles. The molecule has 0 spiro atoms. The zero-order chi connectivity index (χ0) is 7.61. The Hall–Kier alpha value is -0.560. The third-order valence-electron chi connectivity index (χ3n) is 2.28. The van der Waals surface area contributed by atoms with Crippen molar-refractivity contribution >= 4 is 0 Å². The maximum Gasteiger partial charge on any atom is 0.0893 e. The van der Waals surface area contributed by atoms with Crippen LogP contribution in [-0.4, -0.2) is 12.7 Å². The number of ether oxygens (including phenoxy) is 1. The maximum atomic E-state index is 5.35. The van der Waals surface area contributed by atoms with Crippen LogP contribution < -0.4 is 0 Å². The van der Waals surface area contributed by atoms with Gasteiger partial charge in [0.2, 0.25) is 0 Å². The van der Waals surface area contributed by atoms with Gasteiger partial charge in [0.15, 0.2) is 0 Å². The molecule has 56 valence electrons. The first-order valence-electron chi connectivity index (χ1n) is 3.60. The molecule has 10 heavy (non-hydrogen) atoms. The number of hydrogen-bond acceptors (Lipinski definition) is 1. The average Bonchev–Trinajstić information content (AvgIpc) is 1.96. The van der Waals surface area contributed by atoms with Gasteiger partial charge < -0.3 is 4.74 Å². The minimum atomic E-state index is -0.0885. The summed E-state index contributed by atoms with van der Waals surface area (Å²) in [5.41, 5.74) is -0.0885. The van der Waals surface area contributed by atoms with Crippen LogP contribution in [0.25, 0.3) is 0 Å². The maximum absolute atomic E-state index is 5.35.